The summed E-state index contributed by atoms with van der Waals surface area (Å²) >= 11 is 0. The zero-order valence-electron chi connectivity index (χ0n) is 9.89. The number of rotatable bonds is 4. The number of Topliss-reactive ketones (excluding diaryl/α,β-unsaturated/α-hetero) is 1. The SMILES string of the molecule is [CH2]CCn1cc(-c2ccc(C(C)=O)cc2)cn1. The van der Waals surface area contributed by atoms with Gasteiger partial charge in [0.25, 0.3) is 0 Å². The van der Waals surface area contributed by atoms with Crippen LogP contribution in [0.2, 0.25) is 0 Å². The summed E-state index contributed by atoms with van der Waals surface area (Å²) < 4.78 is 1.88. The largest absolute Gasteiger partial charge is 0.295 e. The molecule has 0 aliphatic rings. The first kappa shape index (κ1) is 11.6. The van der Waals surface area contributed by atoms with Gasteiger partial charge in [0.05, 0.1) is 6.20 Å². The van der Waals surface area contributed by atoms with Crippen molar-refractivity contribution in [3.63, 3.8) is 0 Å². The Morgan fingerprint density at radius 2 is 2.00 bits per heavy atom. The summed E-state index contributed by atoms with van der Waals surface area (Å²) in [6, 6.07) is 7.58. The second kappa shape index (κ2) is 4.95. The van der Waals surface area contributed by atoms with Gasteiger partial charge in [-0.25, -0.2) is 0 Å². The molecule has 0 saturated carbocycles. The van der Waals surface area contributed by atoms with E-state index in [0.717, 1.165) is 29.7 Å². The Morgan fingerprint density at radius 1 is 1.29 bits per heavy atom. The molecule has 17 heavy (non-hydrogen) atoms. The normalized spacial score (nSPS) is 10.5. The summed E-state index contributed by atoms with van der Waals surface area (Å²) in [5, 5.41) is 4.25. The summed E-state index contributed by atoms with van der Waals surface area (Å²) in [5.41, 5.74) is 2.87. The van der Waals surface area contributed by atoms with Gasteiger partial charge in [0.1, 0.15) is 0 Å². The molecule has 1 aromatic carbocycles. The second-order valence-electron chi connectivity index (χ2n) is 3.98. The van der Waals surface area contributed by atoms with Gasteiger partial charge in [-0.05, 0) is 18.9 Å². The van der Waals surface area contributed by atoms with Gasteiger partial charge >= 0.3 is 0 Å². The van der Waals surface area contributed by atoms with Crippen molar-refractivity contribution in [2.45, 2.75) is 19.9 Å². The zero-order valence-corrected chi connectivity index (χ0v) is 9.89. The quantitative estimate of drug-likeness (QED) is 0.753. The Kier molecular flexibility index (Phi) is 3.38. The molecule has 0 unspecified atom stereocenters. The molecule has 0 N–H and O–H groups in total. The number of aromatic nitrogens is 2. The molecule has 1 aromatic heterocycles. The monoisotopic (exact) mass is 227 g/mol. The summed E-state index contributed by atoms with van der Waals surface area (Å²) in [7, 11) is 0. The molecule has 2 rings (SSSR count). The third kappa shape index (κ3) is 2.61. The summed E-state index contributed by atoms with van der Waals surface area (Å²) in [6.07, 6.45) is 4.65. The van der Waals surface area contributed by atoms with E-state index in [1.54, 1.807) is 6.92 Å². The topological polar surface area (TPSA) is 34.9 Å². The first-order valence-electron chi connectivity index (χ1n) is 5.64. The second-order valence-corrected chi connectivity index (χ2v) is 3.98. The highest BCUT2D eigenvalue weighted by molar-refractivity contribution is 5.94. The van der Waals surface area contributed by atoms with Crippen LogP contribution in [0.15, 0.2) is 36.7 Å². The predicted octanol–water partition coefficient (Wildman–Crippen LogP) is 2.98. The molecule has 0 aliphatic heterocycles. The van der Waals surface area contributed by atoms with Crippen LogP contribution in [0.4, 0.5) is 0 Å². The molecular formula is C14H15N2O. The number of ketones is 1. The van der Waals surface area contributed by atoms with Crippen LogP contribution in [-0.4, -0.2) is 15.6 Å². The summed E-state index contributed by atoms with van der Waals surface area (Å²) in [4.78, 5) is 11.2. The number of hydrogen-bond acceptors (Lipinski definition) is 2. The minimum atomic E-state index is 0.0873. The van der Waals surface area contributed by atoms with E-state index in [4.69, 9.17) is 0 Å². The molecule has 0 bridgehead atoms. The minimum Gasteiger partial charge on any atom is -0.295 e. The molecule has 3 heteroatoms. The van der Waals surface area contributed by atoms with Crippen molar-refractivity contribution in [3.05, 3.63) is 49.1 Å². The Morgan fingerprint density at radius 3 is 2.59 bits per heavy atom. The van der Waals surface area contributed by atoms with Gasteiger partial charge in [-0.3, -0.25) is 9.48 Å². The van der Waals surface area contributed by atoms with Crippen molar-refractivity contribution in [3.8, 4) is 11.1 Å². The standard InChI is InChI=1S/C14H15N2O/c1-3-8-16-10-14(9-15-16)13-6-4-12(5-7-13)11(2)17/h4-7,9-10H,1,3,8H2,2H3. The fraction of sp³-hybridized carbons (Fsp3) is 0.214. The maximum atomic E-state index is 11.2. The number of hydrogen-bond donors (Lipinski definition) is 0. The van der Waals surface area contributed by atoms with Gasteiger partial charge in [-0.2, -0.15) is 5.10 Å². The number of aryl methyl sites for hydroxylation is 1. The maximum Gasteiger partial charge on any atom is 0.159 e. The van der Waals surface area contributed by atoms with Crippen LogP contribution in [0.1, 0.15) is 23.7 Å². The van der Waals surface area contributed by atoms with Gasteiger partial charge in [0.15, 0.2) is 5.78 Å². The lowest BCUT2D eigenvalue weighted by atomic mass is 10.1. The molecule has 0 amide bonds. The maximum absolute atomic E-state index is 11.2. The average molecular weight is 227 g/mol. The van der Waals surface area contributed by atoms with E-state index in [2.05, 4.69) is 12.0 Å². The summed E-state index contributed by atoms with van der Waals surface area (Å²) in [6.45, 7) is 6.19. The van der Waals surface area contributed by atoms with E-state index < -0.39 is 0 Å². The van der Waals surface area contributed by atoms with Crippen LogP contribution in [0.5, 0.6) is 0 Å². The molecule has 87 valence electrons. The van der Waals surface area contributed by atoms with Crippen LogP contribution in [0.25, 0.3) is 11.1 Å². The lowest BCUT2D eigenvalue weighted by Gasteiger charge is -1.99. The number of carbonyl (C=O) groups excluding carboxylic acids is 1. The number of nitrogens with zero attached hydrogens (tertiary/aromatic N) is 2. The van der Waals surface area contributed by atoms with E-state index in [9.17, 15) is 4.79 Å². The third-order valence-corrected chi connectivity index (χ3v) is 2.65. The minimum absolute atomic E-state index is 0.0873. The Hall–Kier alpha value is -1.90. The van der Waals surface area contributed by atoms with Crippen LogP contribution < -0.4 is 0 Å². The van der Waals surface area contributed by atoms with E-state index in [1.807, 2.05) is 41.3 Å². The van der Waals surface area contributed by atoms with E-state index in [0.29, 0.717) is 0 Å². The fourth-order valence-corrected chi connectivity index (χ4v) is 1.69. The van der Waals surface area contributed by atoms with E-state index >= 15 is 0 Å². The van der Waals surface area contributed by atoms with Gasteiger partial charge < -0.3 is 0 Å². The third-order valence-electron chi connectivity index (χ3n) is 2.65. The van der Waals surface area contributed by atoms with Gasteiger partial charge in [0, 0.05) is 23.9 Å². The Bertz CT molecular complexity index is 511. The lowest BCUT2D eigenvalue weighted by Crippen LogP contribution is -1.95. The highest BCUT2D eigenvalue weighted by Gasteiger charge is 2.03. The number of benzene rings is 1. The molecular weight excluding hydrogens is 212 g/mol. The van der Waals surface area contributed by atoms with Gasteiger partial charge in [-0.1, -0.05) is 31.2 Å². The van der Waals surface area contributed by atoms with Crippen molar-refractivity contribution in [1.29, 1.82) is 0 Å². The van der Waals surface area contributed by atoms with Crippen molar-refractivity contribution < 1.29 is 4.79 Å². The highest BCUT2D eigenvalue weighted by atomic mass is 16.1. The highest BCUT2D eigenvalue weighted by Crippen LogP contribution is 2.19. The Labute approximate surface area is 101 Å². The fourth-order valence-electron chi connectivity index (χ4n) is 1.69. The molecule has 2 aromatic rings. The van der Waals surface area contributed by atoms with Crippen LogP contribution in [0, 0.1) is 6.92 Å². The summed E-state index contributed by atoms with van der Waals surface area (Å²) in [5.74, 6) is 0.0873. The van der Waals surface area contributed by atoms with Crippen LogP contribution >= 0.6 is 0 Å². The van der Waals surface area contributed by atoms with Gasteiger partial charge in [-0.15, -0.1) is 0 Å². The molecule has 0 aliphatic carbocycles. The molecule has 0 fully saturated rings. The van der Waals surface area contributed by atoms with Crippen molar-refractivity contribution in [2.75, 3.05) is 0 Å². The van der Waals surface area contributed by atoms with Crippen molar-refractivity contribution >= 4 is 5.78 Å². The molecule has 0 atom stereocenters. The Balaban J connectivity index is 2.23. The van der Waals surface area contributed by atoms with E-state index in [-0.39, 0.29) is 5.78 Å². The molecule has 0 spiro atoms. The molecule has 3 nitrogen and oxygen atoms in total. The number of carbonyl (C=O) groups is 1. The van der Waals surface area contributed by atoms with Crippen LogP contribution in [-0.2, 0) is 6.54 Å². The van der Waals surface area contributed by atoms with Crippen LogP contribution in [0.3, 0.4) is 0 Å². The first-order chi connectivity index (χ1) is 8.20. The molecule has 0 saturated heterocycles. The van der Waals surface area contributed by atoms with Crippen molar-refractivity contribution in [1.82, 2.24) is 9.78 Å². The van der Waals surface area contributed by atoms with Gasteiger partial charge in [0.2, 0.25) is 0 Å². The molecule has 1 heterocycles. The zero-order chi connectivity index (χ0) is 12.3. The van der Waals surface area contributed by atoms with E-state index in [1.165, 1.54) is 0 Å². The molecule has 1 radical (unpaired) electrons. The smallest absolute Gasteiger partial charge is 0.159 e. The average Bonchev–Trinajstić information content (AvgIpc) is 2.78. The lowest BCUT2D eigenvalue weighted by molar-refractivity contribution is 0.101. The predicted molar refractivity (Wildman–Crippen MR) is 67.6 cm³/mol. The first-order valence-corrected chi connectivity index (χ1v) is 5.64. The van der Waals surface area contributed by atoms with Crippen molar-refractivity contribution in [2.24, 2.45) is 0 Å².